The lowest BCUT2D eigenvalue weighted by Gasteiger charge is -2.27. The van der Waals surface area contributed by atoms with Gasteiger partial charge < -0.3 is 5.32 Å². The smallest absolute Gasteiger partial charge is 0.0344 e. The van der Waals surface area contributed by atoms with E-state index in [1.807, 2.05) is 11.8 Å². The van der Waals surface area contributed by atoms with Gasteiger partial charge in [0.15, 0.2) is 0 Å². The van der Waals surface area contributed by atoms with E-state index in [-0.39, 0.29) is 0 Å². The van der Waals surface area contributed by atoms with Gasteiger partial charge in [-0.1, -0.05) is 6.07 Å². The molecule has 0 saturated carbocycles. The maximum absolute atomic E-state index is 3.32. The van der Waals surface area contributed by atoms with Crippen LogP contribution in [0.25, 0.3) is 0 Å². The third-order valence-electron chi connectivity index (χ3n) is 3.37. The second kappa shape index (κ2) is 4.18. The second-order valence-electron chi connectivity index (χ2n) is 4.54. The molecule has 0 atom stereocenters. The Labute approximate surface area is 95.6 Å². The Morgan fingerprint density at radius 2 is 1.87 bits per heavy atom. The summed E-state index contributed by atoms with van der Waals surface area (Å²) in [7, 11) is 0. The van der Waals surface area contributed by atoms with Gasteiger partial charge in [-0.2, -0.15) is 0 Å². The number of hydrogen-bond acceptors (Lipinski definition) is 2. The Hall–Kier alpha value is -0.470. The normalized spacial score (nSPS) is 20.8. The highest BCUT2D eigenvalue weighted by molar-refractivity contribution is 8.00. The number of fused-ring (bicyclic) bond motifs is 1. The maximum atomic E-state index is 3.32. The van der Waals surface area contributed by atoms with Crippen molar-refractivity contribution in [2.75, 3.05) is 13.1 Å². The van der Waals surface area contributed by atoms with Crippen molar-refractivity contribution in [1.29, 1.82) is 0 Å². The van der Waals surface area contributed by atoms with Crippen LogP contribution in [0.15, 0.2) is 23.1 Å². The fourth-order valence-corrected chi connectivity index (χ4v) is 3.47. The van der Waals surface area contributed by atoms with E-state index in [1.165, 1.54) is 43.7 Å². The van der Waals surface area contributed by atoms with E-state index in [0.717, 1.165) is 5.25 Å². The van der Waals surface area contributed by atoms with Crippen LogP contribution in [-0.2, 0) is 12.8 Å². The summed E-state index contributed by atoms with van der Waals surface area (Å²) in [6.07, 6.45) is 5.36. The molecule has 1 nitrogen and oxygen atoms in total. The number of hydrogen-bond donors (Lipinski definition) is 1. The van der Waals surface area contributed by atoms with Crippen LogP contribution in [0.4, 0.5) is 0 Å². The lowest BCUT2D eigenvalue weighted by Crippen LogP contribution is -2.44. The summed E-state index contributed by atoms with van der Waals surface area (Å²) >= 11 is 2.04. The molecule has 1 aliphatic heterocycles. The Morgan fingerprint density at radius 1 is 1.07 bits per heavy atom. The zero-order valence-corrected chi connectivity index (χ0v) is 9.78. The van der Waals surface area contributed by atoms with Gasteiger partial charge in [-0.05, 0) is 48.9 Å². The quantitative estimate of drug-likeness (QED) is 0.820. The van der Waals surface area contributed by atoms with Gasteiger partial charge in [-0.3, -0.25) is 0 Å². The van der Waals surface area contributed by atoms with Crippen molar-refractivity contribution in [2.24, 2.45) is 0 Å². The van der Waals surface area contributed by atoms with Crippen LogP contribution in [-0.4, -0.2) is 18.3 Å². The van der Waals surface area contributed by atoms with E-state index >= 15 is 0 Å². The number of thioether (sulfide) groups is 1. The van der Waals surface area contributed by atoms with Gasteiger partial charge in [0.2, 0.25) is 0 Å². The van der Waals surface area contributed by atoms with Crippen molar-refractivity contribution < 1.29 is 0 Å². The van der Waals surface area contributed by atoms with E-state index in [2.05, 4.69) is 23.5 Å². The molecule has 1 N–H and O–H groups in total. The Morgan fingerprint density at radius 3 is 2.60 bits per heavy atom. The molecule has 3 rings (SSSR count). The highest BCUT2D eigenvalue weighted by atomic mass is 32.2. The fourth-order valence-electron chi connectivity index (χ4n) is 2.32. The second-order valence-corrected chi connectivity index (χ2v) is 5.91. The van der Waals surface area contributed by atoms with Crippen LogP contribution in [0.1, 0.15) is 24.0 Å². The molecule has 1 aliphatic carbocycles. The van der Waals surface area contributed by atoms with Crippen LogP contribution < -0.4 is 5.32 Å². The Balaban J connectivity index is 1.77. The lowest BCUT2D eigenvalue weighted by atomic mass is 9.92. The largest absolute Gasteiger partial charge is 0.314 e. The molecule has 1 fully saturated rings. The first-order chi connectivity index (χ1) is 7.42. The Bertz CT molecular complexity index is 358. The summed E-state index contributed by atoms with van der Waals surface area (Å²) in [6, 6.07) is 7.09. The molecule has 2 aliphatic rings. The van der Waals surface area contributed by atoms with Gasteiger partial charge in [0.1, 0.15) is 0 Å². The first kappa shape index (κ1) is 9.73. The van der Waals surface area contributed by atoms with Crippen molar-refractivity contribution >= 4 is 11.8 Å². The summed E-state index contributed by atoms with van der Waals surface area (Å²) < 4.78 is 0. The monoisotopic (exact) mass is 219 g/mol. The van der Waals surface area contributed by atoms with E-state index in [1.54, 1.807) is 11.1 Å². The molecule has 80 valence electrons. The molecule has 0 aromatic heterocycles. The first-order valence-corrected chi connectivity index (χ1v) is 6.79. The molecule has 15 heavy (non-hydrogen) atoms. The molecule has 1 saturated heterocycles. The van der Waals surface area contributed by atoms with Crippen LogP contribution in [0.5, 0.6) is 0 Å². The van der Waals surface area contributed by atoms with Crippen LogP contribution >= 0.6 is 11.8 Å². The lowest BCUT2D eigenvalue weighted by molar-refractivity contribution is 0.543. The highest BCUT2D eigenvalue weighted by Crippen LogP contribution is 2.30. The third-order valence-corrected chi connectivity index (χ3v) is 4.56. The van der Waals surface area contributed by atoms with Crippen LogP contribution in [0.2, 0.25) is 0 Å². The molecule has 0 amide bonds. The predicted molar refractivity (Wildman–Crippen MR) is 65.6 cm³/mol. The molecular formula is C13H17NS. The maximum Gasteiger partial charge on any atom is 0.0344 e. The number of benzene rings is 1. The van der Waals surface area contributed by atoms with Crippen LogP contribution in [0.3, 0.4) is 0 Å². The molecule has 0 radical (unpaired) electrons. The zero-order chi connectivity index (χ0) is 10.1. The zero-order valence-electron chi connectivity index (χ0n) is 8.96. The predicted octanol–water partition coefficient (Wildman–Crippen LogP) is 2.63. The summed E-state index contributed by atoms with van der Waals surface area (Å²) in [4.78, 5) is 1.47. The SMILES string of the molecule is c1cc2c(cc1SC1CNC1)CCCC2. The van der Waals surface area contributed by atoms with E-state index < -0.39 is 0 Å². The van der Waals surface area contributed by atoms with Crippen molar-refractivity contribution in [3.63, 3.8) is 0 Å². The minimum Gasteiger partial charge on any atom is -0.314 e. The van der Waals surface area contributed by atoms with E-state index in [4.69, 9.17) is 0 Å². The first-order valence-electron chi connectivity index (χ1n) is 5.91. The Kier molecular flexibility index (Phi) is 2.72. The van der Waals surface area contributed by atoms with Gasteiger partial charge in [-0.15, -0.1) is 11.8 Å². The van der Waals surface area contributed by atoms with E-state index in [9.17, 15) is 0 Å². The summed E-state index contributed by atoms with van der Waals surface area (Å²) in [5.41, 5.74) is 3.20. The number of aryl methyl sites for hydroxylation is 2. The van der Waals surface area contributed by atoms with E-state index in [0.29, 0.717) is 0 Å². The minimum absolute atomic E-state index is 0.812. The molecule has 1 heterocycles. The summed E-state index contributed by atoms with van der Waals surface area (Å²) in [5, 5.41) is 4.13. The van der Waals surface area contributed by atoms with Crippen LogP contribution in [0, 0.1) is 0 Å². The van der Waals surface area contributed by atoms with Gasteiger partial charge in [0, 0.05) is 23.2 Å². The van der Waals surface area contributed by atoms with Gasteiger partial charge in [0.25, 0.3) is 0 Å². The average Bonchev–Trinajstić information content (AvgIpc) is 2.23. The third kappa shape index (κ3) is 2.06. The van der Waals surface area contributed by atoms with Crippen molar-refractivity contribution in [3.05, 3.63) is 29.3 Å². The minimum atomic E-state index is 0.812. The molecular weight excluding hydrogens is 202 g/mol. The molecule has 0 spiro atoms. The molecule has 2 heteroatoms. The summed E-state index contributed by atoms with van der Waals surface area (Å²) in [6.45, 7) is 2.36. The average molecular weight is 219 g/mol. The summed E-state index contributed by atoms with van der Waals surface area (Å²) in [5.74, 6) is 0. The number of rotatable bonds is 2. The van der Waals surface area contributed by atoms with Crippen molar-refractivity contribution in [2.45, 2.75) is 35.8 Å². The van der Waals surface area contributed by atoms with Crippen molar-refractivity contribution in [3.8, 4) is 0 Å². The van der Waals surface area contributed by atoms with Gasteiger partial charge >= 0.3 is 0 Å². The topological polar surface area (TPSA) is 12.0 Å². The molecule has 1 aromatic rings. The highest BCUT2D eigenvalue weighted by Gasteiger charge is 2.18. The standard InChI is InChI=1S/C13H17NS/c1-2-4-11-7-12(6-5-10(11)3-1)15-13-8-14-9-13/h5-7,13-14H,1-4,8-9H2. The number of nitrogens with one attached hydrogen (secondary N) is 1. The van der Waals surface area contributed by atoms with Crippen molar-refractivity contribution in [1.82, 2.24) is 5.32 Å². The van der Waals surface area contributed by atoms with Gasteiger partial charge in [-0.25, -0.2) is 0 Å². The fraction of sp³-hybridized carbons (Fsp3) is 0.538. The van der Waals surface area contributed by atoms with Gasteiger partial charge in [0.05, 0.1) is 0 Å². The molecule has 1 aromatic carbocycles. The molecule has 0 unspecified atom stereocenters. The molecule has 0 bridgehead atoms.